The number of benzene rings is 3. The molecule has 0 bridgehead atoms. The Bertz CT molecular complexity index is 1180. The summed E-state index contributed by atoms with van der Waals surface area (Å²) in [6.45, 7) is 1.91. The summed E-state index contributed by atoms with van der Waals surface area (Å²) < 4.78 is 28.1. The lowest BCUT2D eigenvalue weighted by molar-refractivity contribution is 0.0846. The van der Waals surface area contributed by atoms with E-state index in [-0.39, 0.29) is 10.5 Å². The van der Waals surface area contributed by atoms with E-state index in [1.165, 1.54) is 24.3 Å². The Balaban J connectivity index is 1.64. The normalized spacial score (nSPS) is 10.9. The van der Waals surface area contributed by atoms with E-state index < -0.39 is 21.8 Å². The monoisotopic (exact) mass is 487 g/mol. The van der Waals surface area contributed by atoms with Crippen molar-refractivity contribution in [2.45, 2.75) is 11.8 Å². The summed E-state index contributed by atoms with van der Waals surface area (Å²) >= 11 is 3.27. The zero-order chi connectivity index (χ0) is 21.7. The highest BCUT2D eigenvalue weighted by Crippen LogP contribution is 2.17. The van der Waals surface area contributed by atoms with Crippen molar-refractivity contribution in [1.29, 1.82) is 0 Å². The van der Waals surface area contributed by atoms with E-state index in [0.29, 0.717) is 15.7 Å². The van der Waals surface area contributed by atoms with Crippen LogP contribution in [0.3, 0.4) is 0 Å². The number of hydrogen-bond acceptors (Lipinski definition) is 4. The third kappa shape index (κ3) is 5.25. The number of carbonyl (C=O) groups excluding carboxylic acids is 2. The van der Waals surface area contributed by atoms with Gasteiger partial charge in [0.05, 0.1) is 10.5 Å². The number of carbonyl (C=O) groups is 2. The third-order valence-corrected chi connectivity index (χ3v) is 6.23. The second-order valence-corrected chi connectivity index (χ2v) is 8.92. The maximum absolute atomic E-state index is 12.5. The topological polar surface area (TPSA) is 104 Å². The summed E-state index contributed by atoms with van der Waals surface area (Å²) in [5, 5.41) is 0. The van der Waals surface area contributed by atoms with Crippen LogP contribution >= 0.6 is 15.9 Å². The maximum atomic E-state index is 12.5. The van der Waals surface area contributed by atoms with Gasteiger partial charge in [0.1, 0.15) is 0 Å². The number of aryl methyl sites for hydroxylation is 1. The summed E-state index contributed by atoms with van der Waals surface area (Å²) in [4.78, 5) is 24.4. The standard InChI is InChI=1S/C21H18BrN3O4S/c1-14-6-10-16(11-7-14)25-30(28,29)17-12-8-15(9-13-17)20(26)23-24-21(27)18-4-2-3-5-19(18)22/h2-13,25H,1H3,(H,23,26)(H,24,27). The Morgan fingerprint density at radius 3 is 2.03 bits per heavy atom. The molecule has 0 heterocycles. The van der Waals surface area contributed by atoms with Crippen molar-refractivity contribution >= 4 is 43.5 Å². The van der Waals surface area contributed by atoms with Gasteiger partial charge in [-0.1, -0.05) is 29.8 Å². The minimum absolute atomic E-state index is 0.0110. The van der Waals surface area contributed by atoms with Crippen molar-refractivity contribution in [3.8, 4) is 0 Å². The predicted octanol–water partition coefficient (Wildman–Crippen LogP) is 3.63. The minimum Gasteiger partial charge on any atom is -0.280 e. The molecule has 7 nitrogen and oxygen atoms in total. The van der Waals surface area contributed by atoms with Gasteiger partial charge in [-0.25, -0.2) is 8.42 Å². The molecule has 0 unspecified atom stereocenters. The number of anilines is 1. The highest BCUT2D eigenvalue weighted by Gasteiger charge is 2.16. The first-order chi connectivity index (χ1) is 14.3. The lowest BCUT2D eigenvalue weighted by Gasteiger charge is -2.10. The van der Waals surface area contributed by atoms with Crippen molar-refractivity contribution in [3.05, 3.63) is 94.0 Å². The third-order valence-electron chi connectivity index (χ3n) is 4.14. The van der Waals surface area contributed by atoms with E-state index in [1.54, 1.807) is 48.5 Å². The van der Waals surface area contributed by atoms with Crippen LogP contribution in [0.25, 0.3) is 0 Å². The lowest BCUT2D eigenvalue weighted by Crippen LogP contribution is -2.41. The minimum atomic E-state index is -3.79. The number of hydrogen-bond donors (Lipinski definition) is 3. The largest absolute Gasteiger partial charge is 0.280 e. The van der Waals surface area contributed by atoms with Crippen molar-refractivity contribution in [2.24, 2.45) is 0 Å². The summed E-state index contributed by atoms with van der Waals surface area (Å²) in [5.74, 6) is -1.07. The Hall–Kier alpha value is -3.17. The molecule has 0 aromatic heterocycles. The Kier molecular flexibility index (Phi) is 6.53. The number of nitrogens with one attached hydrogen (secondary N) is 3. The maximum Gasteiger partial charge on any atom is 0.270 e. The number of sulfonamides is 1. The molecule has 3 rings (SSSR count). The molecule has 0 aliphatic rings. The van der Waals surface area contributed by atoms with Crippen molar-refractivity contribution in [3.63, 3.8) is 0 Å². The van der Waals surface area contributed by atoms with Crippen LogP contribution in [0.1, 0.15) is 26.3 Å². The van der Waals surface area contributed by atoms with Gasteiger partial charge in [-0.3, -0.25) is 25.2 Å². The summed E-state index contributed by atoms with van der Waals surface area (Å²) in [6, 6.07) is 19.1. The SMILES string of the molecule is Cc1ccc(NS(=O)(=O)c2ccc(C(=O)NNC(=O)c3ccccc3Br)cc2)cc1. The molecular formula is C21H18BrN3O4S. The number of amides is 2. The fourth-order valence-electron chi connectivity index (χ4n) is 2.52. The molecule has 0 fully saturated rings. The molecular weight excluding hydrogens is 470 g/mol. The van der Waals surface area contributed by atoms with E-state index in [1.807, 2.05) is 6.92 Å². The first-order valence-electron chi connectivity index (χ1n) is 8.81. The van der Waals surface area contributed by atoms with E-state index in [9.17, 15) is 18.0 Å². The van der Waals surface area contributed by atoms with E-state index in [0.717, 1.165) is 5.56 Å². The Labute approximate surface area is 182 Å². The number of hydrazine groups is 1. The molecule has 154 valence electrons. The molecule has 30 heavy (non-hydrogen) atoms. The van der Waals surface area contributed by atoms with Crippen LogP contribution in [0.2, 0.25) is 0 Å². The van der Waals surface area contributed by atoms with Crippen LogP contribution in [0.15, 0.2) is 82.2 Å². The first-order valence-corrected chi connectivity index (χ1v) is 11.1. The highest BCUT2D eigenvalue weighted by molar-refractivity contribution is 9.10. The number of halogens is 1. The van der Waals surface area contributed by atoms with Crippen LogP contribution in [0, 0.1) is 6.92 Å². The van der Waals surface area contributed by atoms with Gasteiger partial charge >= 0.3 is 0 Å². The zero-order valence-electron chi connectivity index (χ0n) is 15.8. The van der Waals surface area contributed by atoms with Crippen molar-refractivity contribution in [1.82, 2.24) is 10.9 Å². The second-order valence-electron chi connectivity index (χ2n) is 6.38. The van der Waals surface area contributed by atoms with Gasteiger partial charge in [-0.15, -0.1) is 0 Å². The fourth-order valence-corrected chi connectivity index (χ4v) is 4.04. The van der Waals surface area contributed by atoms with Crippen molar-refractivity contribution in [2.75, 3.05) is 4.72 Å². The Morgan fingerprint density at radius 1 is 0.800 bits per heavy atom. The molecule has 0 atom stereocenters. The van der Waals surface area contributed by atoms with E-state index >= 15 is 0 Å². The quantitative estimate of drug-likeness (QED) is 0.477. The summed E-state index contributed by atoms with van der Waals surface area (Å²) in [6.07, 6.45) is 0. The molecule has 0 spiro atoms. The molecule has 2 amide bonds. The van der Waals surface area contributed by atoms with Gasteiger partial charge in [0.25, 0.3) is 21.8 Å². The molecule has 0 saturated heterocycles. The van der Waals surface area contributed by atoms with Gasteiger partial charge in [0.2, 0.25) is 0 Å². The Morgan fingerprint density at radius 2 is 1.40 bits per heavy atom. The average Bonchev–Trinajstić information content (AvgIpc) is 2.73. The zero-order valence-corrected chi connectivity index (χ0v) is 18.2. The summed E-state index contributed by atoms with van der Waals surface area (Å²) in [7, 11) is -3.79. The van der Waals surface area contributed by atoms with Gasteiger partial charge < -0.3 is 0 Å². The smallest absolute Gasteiger partial charge is 0.270 e. The number of rotatable bonds is 5. The molecule has 3 aromatic rings. The molecule has 3 aromatic carbocycles. The summed E-state index contributed by atoms with van der Waals surface area (Å²) in [5.41, 5.74) is 6.63. The van der Waals surface area contributed by atoms with Crippen LogP contribution in [-0.2, 0) is 10.0 Å². The molecule has 0 aliphatic heterocycles. The van der Waals surface area contributed by atoms with Gasteiger partial charge in [-0.2, -0.15) is 0 Å². The van der Waals surface area contributed by atoms with Crippen LogP contribution < -0.4 is 15.6 Å². The molecule has 3 N–H and O–H groups in total. The predicted molar refractivity (Wildman–Crippen MR) is 118 cm³/mol. The lowest BCUT2D eigenvalue weighted by atomic mass is 10.2. The molecule has 9 heteroatoms. The van der Waals surface area contributed by atoms with Crippen LogP contribution in [0.4, 0.5) is 5.69 Å². The van der Waals surface area contributed by atoms with Gasteiger partial charge in [-0.05, 0) is 71.4 Å². The van der Waals surface area contributed by atoms with Crippen LogP contribution in [-0.4, -0.2) is 20.2 Å². The first kappa shape index (κ1) is 21.5. The molecule has 0 radical (unpaired) electrons. The van der Waals surface area contributed by atoms with Crippen molar-refractivity contribution < 1.29 is 18.0 Å². The van der Waals surface area contributed by atoms with Crippen LogP contribution in [0.5, 0.6) is 0 Å². The average molecular weight is 488 g/mol. The highest BCUT2D eigenvalue weighted by atomic mass is 79.9. The fraction of sp³-hybridized carbons (Fsp3) is 0.0476. The molecule has 0 aliphatic carbocycles. The second kappa shape index (κ2) is 9.10. The van der Waals surface area contributed by atoms with Gasteiger partial charge in [0.15, 0.2) is 0 Å². The molecule has 0 saturated carbocycles. The van der Waals surface area contributed by atoms with E-state index in [4.69, 9.17) is 0 Å². The van der Waals surface area contributed by atoms with Gasteiger partial charge in [0, 0.05) is 15.7 Å². The van der Waals surface area contributed by atoms with E-state index in [2.05, 4.69) is 31.5 Å².